The fourth-order valence-corrected chi connectivity index (χ4v) is 6.20. The number of anilines is 2. The summed E-state index contributed by atoms with van der Waals surface area (Å²) in [5, 5.41) is 27.4. The second kappa shape index (κ2) is 8.79. The summed E-state index contributed by atoms with van der Waals surface area (Å²) < 4.78 is 5.80. The molecule has 4 N–H and O–H groups in total. The molecule has 1 saturated heterocycles. The minimum atomic E-state index is -1.65. The normalized spacial score (nSPS) is 24.0. The Balaban J connectivity index is 1.41. The number of hydrogen-bond acceptors (Lipinski definition) is 9. The van der Waals surface area contributed by atoms with Crippen LogP contribution in [0.15, 0.2) is 41.3 Å². The van der Waals surface area contributed by atoms with Crippen LogP contribution < -0.4 is 15.4 Å². The summed E-state index contributed by atoms with van der Waals surface area (Å²) in [7, 11) is 0. The first-order chi connectivity index (χ1) is 19.4. The number of ether oxygens (including phenoxy) is 1. The number of nitrogens with zero attached hydrogens (tertiary/aromatic N) is 1. The summed E-state index contributed by atoms with van der Waals surface area (Å²) in [5.74, 6) is -3.46. The number of phenolic OH excluding ortho intramolecular Hbond substituents is 2. The zero-order valence-corrected chi connectivity index (χ0v) is 22.8. The van der Waals surface area contributed by atoms with Gasteiger partial charge in [0.25, 0.3) is 5.91 Å². The largest absolute Gasteiger partial charge is 0.507 e. The molecule has 41 heavy (non-hydrogen) atoms. The summed E-state index contributed by atoms with van der Waals surface area (Å²) in [6.07, 6.45) is 2.47. The van der Waals surface area contributed by atoms with Crippen molar-refractivity contribution in [3.63, 3.8) is 0 Å². The van der Waals surface area contributed by atoms with E-state index in [9.17, 15) is 34.2 Å². The topological polar surface area (TPSA) is 162 Å². The number of phenols is 2. The summed E-state index contributed by atoms with van der Waals surface area (Å²) >= 11 is 0. The van der Waals surface area contributed by atoms with Gasteiger partial charge in [-0.15, -0.1) is 0 Å². The van der Waals surface area contributed by atoms with E-state index in [-0.39, 0.29) is 56.8 Å². The highest BCUT2D eigenvalue weighted by Crippen LogP contribution is 2.57. The van der Waals surface area contributed by atoms with E-state index in [0.29, 0.717) is 24.3 Å². The molecule has 3 aliphatic heterocycles. The SMILES string of the molecule is CC(=O)c1c(O)c(C)c(O)c2c1OC1=CC(=O)C(=C(C)Nc3ccc4c(c3)C(=O)N3CCC[C@H]3C(=O)N4)C(=O)[C@@]12C. The van der Waals surface area contributed by atoms with E-state index in [1.54, 1.807) is 30.0 Å². The van der Waals surface area contributed by atoms with Crippen molar-refractivity contribution in [2.45, 2.75) is 52.0 Å². The van der Waals surface area contributed by atoms with Crippen LogP contribution in [0.3, 0.4) is 0 Å². The molecule has 6 rings (SSSR count). The van der Waals surface area contributed by atoms with Crippen molar-refractivity contribution in [1.82, 2.24) is 4.90 Å². The van der Waals surface area contributed by atoms with Gasteiger partial charge in [0.05, 0.1) is 22.4 Å². The summed E-state index contributed by atoms with van der Waals surface area (Å²) in [6.45, 7) is 6.14. The first-order valence-electron chi connectivity index (χ1n) is 13.2. The Hall–Kier alpha value is -4.93. The average molecular weight is 558 g/mol. The number of fused-ring (bicyclic) bond motifs is 5. The summed E-state index contributed by atoms with van der Waals surface area (Å²) in [4.78, 5) is 67.1. The van der Waals surface area contributed by atoms with Crippen molar-refractivity contribution < 1.29 is 38.9 Å². The zero-order chi connectivity index (χ0) is 29.5. The molecule has 1 fully saturated rings. The molecule has 210 valence electrons. The van der Waals surface area contributed by atoms with Crippen molar-refractivity contribution in [3.8, 4) is 17.2 Å². The summed E-state index contributed by atoms with van der Waals surface area (Å²) in [6, 6.07) is 4.26. The quantitative estimate of drug-likeness (QED) is 0.252. The Kier molecular flexibility index (Phi) is 5.64. The van der Waals surface area contributed by atoms with E-state index in [1.807, 2.05) is 0 Å². The van der Waals surface area contributed by atoms with E-state index in [1.165, 1.54) is 20.8 Å². The van der Waals surface area contributed by atoms with Gasteiger partial charge in [0.15, 0.2) is 17.3 Å². The maximum Gasteiger partial charge on any atom is 0.256 e. The lowest BCUT2D eigenvalue weighted by Gasteiger charge is -2.29. The fourth-order valence-electron chi connectivity index (χ4n) is 6.20. The van der Waals surface area contributed by atoms with Crippen LogP contribution in [0, 0.1) is 6.92 Å². The molecule has 0 unspecified atom stereocenters. The number of nitrogens with one attached hydrogen (secondary N) is 2. The first kappa shape index (κ1) is 26.3. The number of allylic oxidation sites excluding steroid dienone is 4. The van der Waals surface area contributed by atoms with Gasteiger partial charge in [-0.05, 0) is 58.7 Å². The molecule has 11 nitrogen and oxygen atoms in total. The Bertz CT molecular complexity index is 1720. The smallest absolute Gasteiger partial charge is 0.256 e. The van der Waals surface area contributed by atoms with Crippen molar-refractivity contribution in [3.05, 3.63) is 63.6 Å². The number of aromatic hydroxyl groups is 2. The van der Waals surface area contributed by atoms with Crippen LogP contribution in [0.25, 0.3) is 0 Å². The second-order valence-corrected chi connectivity index (χ2v) is 10.9. The highest BCUT2D eigenvalue weighted by molar-refractivity contribution is 6.31. The fraction of sp³-hybridized carbons (Fsp3) is 0.300. The molecule has 2 atom stereocenters. The van der Waals surface area contributed by atoms with Gasteiger partial charge < -0.3 is 30.5 Å². The molecule has 2 aromatic carbocycles. The van der Waals surface area contributed by atoms with Gasteiger partial charge in [0, 0.05) is 29.6 Å². The van der Waals surface area contributed by atoms with Crippen molar-refractivity contribution in [2.24, 2.45) is 0 Å². The van der Waals surface area contributed by atoms with Crippen LogP contribution in [0.5, 0.6) is 17.2 Å². The molecular weight excluding hydrogens is 530 g/mol. The van der Waals surface area contributed by atoms with E-state index in [4.69, 9.17) is 4.74 Å². The maximum absolute atomic E-state index is 14.0. The van der Waals surface area contributed by atoms with Crippen LogP contribution in [0.2, 0.25) is 0 Å². The summed E-state index contributed by atoms with van der Waals surface area (Å²) in [5.41, 5.74) is -0.749. The maximum atomic E-state index is 14.0. The third kappa shape index (κ3) is 3.54. The number of carbonyl (C=O) groups excluding carboxylic acids is 5. The van der Waals surface area contributed by atoms with Gasteiger partial charge >= 0.3 is 0 Å². The Morgan fingerprint density at radius 2 is 1.88 bits per heavy atom. The van der Waals surface area contributed by atoms with Crippen LogP contribution in [0.1, 0.15) is 65.5 Å². The number of rotatable bonds is 3. The molecular formula is C30H27N3O8. The molecule has 0 bridgehead atoms. The molecule has 4 aliphatic rings. The van der Waals surface area contributed by atoms with Crippen LogP contribution in [0.4, 0.5) is 11.4 Å². The van der Waals surface area contributed by atoms with Gasteiger partial charge in [-0.25, -0.2) is 0 Å². The predicted octanol–water partition coefficient (Wildman–Crippen LogP) is 3.24. The molecule has 2 amide bonds. The lowest BCUT2D eigenvalue weighted by molar-refractivity contribution is -0.123. The molecule has 0 radical (unpaired) electrons. The van der Waals surface area contributed by atoms with Gasteiger partial charge in [-0.3, -0.25) is 24.0 Å². The number of Topliss-reactive ketones (excluding diaryl/α,β-unsaturated/α-hetero) is 2. The van der Waals surface area contributed by atoms with E-state index < -0.39 is 40.3 Å². The molecule has 2 aromatic rings. The number of hydrogen-bond donors (Lipinski definition) is 4. The minimum Gasteiger partial charge on any atom is -0.507 e. The number of carbonyl (C=O) groups is 5. The van der Waals surface area contributed by atoms with Gasteiger partial charge in [0.1, 0.15) is 40.0 Å². The Morgan fingerprint density at radius 3 is 2.59 bits per heavy atom. The first-order valence-corrected chi connectivity index (χ1v) is 13.2. The number of benzene rings is 2. The lowest BCUT2D eigenvalue weighted by Crippen LogP contribution is -2.40. The lowest BCUT2D eigenvalue weighted by atomic mass is 9.70. The predicted molar refractivity (Wildman–Crippen MR) is 146 cm³/mol. The van der Waals surface area contributed by atoms with Crippen molar-refractivity contribution in [2.75, 3.05) is 17.2 Å². The Labute approximate surface area is 234 Å². The minimum absolute atomic E-state index is 0.00131. The second-order valence-electron chi connectivity index (χ2n) is 10.9. The number of amides is 2. The molecule has 0 saturated carbocycles. The molecule has 0 spiro atoms. The third-order valence-electron chi connectivity index (χ3n) is 8.42. The standard InChI is InChI=1S/C30H27N3O8/c1-12-24(36)22(14(3)34)26-23(25(12)37)30(4)20(41-26)11-19(35)21(27(30)38)13(2)31-15-7-8-17-16(10-15)29(40)33-9-5-6-18(33)28(39)32-17/h7-8,10-11,18,31,36-37H,5-6,9H2,1-4H3,(H,32,39)/t18-,30-/m0/s1. The molecule has 1 aliphatic carbocycles. The van der Waals surface area contributed by atoms with Gasteiger partial charge in [0.2, 0.25) is 5.91 Å². The highest BCUT2D eigenvalue weighted by Gasteiger charge is 2.56. The highest BCUT2D eigenvalue weighted by atomic mass is 16.5. The van der Waals surface area contributed by atoms with Crippen LogP contribution >= 0.6 is 0 Å². The van der Waals surface area contributed by atoms with Crippen molar-refractivity contribution in [1.29, 1.82) is 0 Å². The number of ketones is 3. The molecule has 3 heterocycles. The van der Waals surface area contributed by atoms with Gasteiger partial charge in [-0.2, -0.15) is 0 Å². The third-order valence-corrected chi connectivity index (χ3v) is 8.42. The van der Waals surface area contributed by atoms with E-state index in [0.717, 1.165) is 12.5 Å². The van der Waals surface area contributed by atoms with E-state index in [2.05, 4.69) is 10.6 Å². The van der Waals surface area contributed by atoms with Crippen LogP contribution in [-0.4, -0.2) is 56.9 Å². The average Bonchev–Trinajstić information content (AvgIpc) is 3.49. The Morgan fingerprint density at radius 1 is 1.15 bits per heavy atom. The van der Waals surface area contributed by atoms with Gasteiger partial charge in [-0.1, -0.05) is 0 Å². The monoisotopic (exact) mass is 557 g/mol. The van der Waals surface area contributed by atoms with Crippen molar-refractivity contribution >= 4 is 40.5 Å². The molecule has 11 heteroatoms. The molecule has 0 aromatic heterocycles. The zero-order valence-electron chi connectivity index (χ0n) is 22.8. The van der Waals surface area contributed by atoms with E-state index >= 15 is 0 Å². The van der Waals surface area contributed by atoms with Crippen LogP contribution in [-0.2, 0) is 19.8 Å².